The number of aliphatic carboxylic acids is 2. The van der Waals surface area contributed by atoms with Crippen LogP contribution in [0.15, 0.2) is 54.7 Å². The molecule has 0 fully saturated rings. The second-order valence-corrected chi connectivity index (χ2v) is 9.70. The third-order valence-electron chi connectivity index (χ3n) is 6.72. The third kappa shape index (κ3) is 7.10. The van der Waals surface area contributed by atoms with Crippen LogP contribution in [0.1, 0.15) is 45.1 Å². The Kier molecular flexibility index (Phi) is 9.11. The van der Waals surface area contributed by atoms with Gasteiger partial charge in [0, 0.05) is 24.6 Å². The van der Waals surface area contributed by atoms with E-state index in [0.29, 0.717) is 48.0 Å². The number of carboxylic acids is 2. The molecular formula is C28H28ClFN4O5. The van der Waals surface area contributed by atoms with Gasteiger partial charge in [-0.2, -0.15) is 0 Å². The maximum Gasteiger partial charge on any atom is 0.307 e. The number of carbonyl (C=O) groups excluding carboxylic acids is 1. The van der Waals surface area contributed by atoms with Crippen molar-refractivity contribution in [2.45, 2.75) is 31.8 Å². The van der Waals surface area contributed by atoms with Crippen LogP contribution in [-0.2, 0) is 29.1 Å². The number of amides is 1. The van der Waals surface area contributed by atoms with Crippen molar-refractivity contribution in [3.05, 3.63) is 93.5 Å². The quantitative estimate of drug-likeness (QED) is 0.255. The van der Waals surface area contributed by atoms with Crippen molar-refractivity contribution < 1.29 is 29.0 Å². The second kappa shape index (κ2) is 12.7. The molecule has 2 unspecified atom stereocenters. The Morgan fingerprint density at radius 1 is 1.08 bits per heavy atom. The van der Waals surface area contributed by atoms with E-state index in [1.54, 1.807) is 24.3 Å². The molecule has 4 rings (SSSR count). The van der Waals surface area contributed by atoms with E-state index in [-0.39, 0.29) is 12.5 Å². The van der Waals surface area contributed by atoms with Crippen molar-refractivity contribution in [1.29, 1.82) is 0 Å². The molecular weight excluding hydrogens is 527 g/mol. The molecule has 0 aliphatic carbocycles. The highest BCUT2D eigenvalue weighted by molar-refractivity contribution is 6.33. The molecule has 0 spiro atoms. The summed E-state index contributed by atoms with van der Waals surface area (Å²) in [6.45, 7) is 1.51. The van der Waals surface area contributed by atoms with Gasteiger partial charge in [0.05, 0.1) is 41.5 Å². The molecule has 0 radical (unpaired) electrons. The van der Waals surface area contributed by atoms with Gasteiger partial charge in [0.1, 0.15) is 5.82 Å². The Hall–Kier alpha value is -4.02. The average molecular weight is 555 g/mol. The molecule has 0 bridgehead atoms. The highest BCUT2D eigenvalue weighted by Crippen LogP contribution is 2.38. The van der Waals surface area contributed by atoms with Crippen molar-refractivity contribution in [3.8, 4) is 0 Å². The van der Waals surface area contributed by atoms with Gasteiger partial charge in [-0.3, -0.25) is 19.4 Å². The van der Waals surface area contributed by atoms with Crippen LogP contribution in [0.25, 0.3) is 0 Å². The summed E-state index contributed by atoms with van der Waals surface area (Å²) in [6.07, 6.45) is 1.21. The highest BCUT2D eigenvalue weighted by atomic mass is 35.5. The van der Waals surface area contributed by atoms with Crippen molar-refractivity contribution in [2.75, 3.05) is 18.4 Å². The van der Waals surface area contributed by atoms with Gasteiger partial charge in [0.2, 0.25) is 0 Å². The minimum absolute atomic E-state index is 0.172. The minimum Gasteiger partial charge on any atom is -0.481 e. The maximum absolute atomic E-state index is 13.0. The zero-order valence-electron chi connectivity index (χ0n) is 20.9. The lowest BCUT2D eigenvalue weighted by Gasteiger charge is -2.25. The van der Waals surface area contributed by atoms with E-state index in [0.717, 1.165) is 22.9 Å². The Morgan fingerprint density at radius 2 is 1.85 bits per heavy atom. The number of nitrogens with zero attached hydrogens (tertiary/aromatic N) is 1. The Morgan fingerprint density at radius 3 is 2.51 bits per heavy atom. The number of fused-ring (bicyclic) bond motifs is 1. The maximum atomic E-state index is 13.0. The Balaban J connectivity index is 1.46. The molecule has 3 aromatic rings. The Labute approximate surface area is 229 Å². The predicted octanol–water partition coefficient (Wildman–Crippen LogP) is 3.82. The molecule has 1 amide bonds. The molecule has 1 aliphatic rings. The molecule has 2 aromatic carbocycles. The summed E-state index contributed by atoms with van der Waals surface area (Å²) in [4.78, 5) is 39.7. The predicted molar refractivity (Wildman–Crippen MR) is 143 cm³/mol. The first-order chi connectivity index (χ1) is 18.7. The number of carbonyl (C=O) groups is 3. The van der Waals surface area contributed by atoms with Gasteiger partial charge in [-0.25, -0.2) is 4.39 Å². The normalized spacial score (nSPS) is 15.5. The standard InChI is InChI=1S/C28H28ClFN4O5/c29-24-8-7-20-21(9-10-31-15-23(20)22(28(38)39)11-25(35)36)26(24)33-12-16-1-3-17(4-2-16)27(37)34-14-19-6-5-18(30)13-32-19/h1-8,13,22-23,31,33H,9-12,14-15H2,(H,34,37)(H,35,36)(H,38,39). The first-order valence-corrected chi connectivity index (χ1v) is 12.8. The van der Waals surface area contributed by atoms with E-state index in [9.17, 15) is 29.0 Å². The zero-order valence-corrected chi connectivity index (χ0v) is 21.7. The van der Waals surface area contributed by atoms with Gasteiger partial charge in [-0.15, -0.1) is 0 Å². The molecule has 0 saturated carbocycles. The average Bonchev–Trinajstić information content (AvgIpc) is 3.13. The first kappa shape index (κ1) is 28.0. The molecule has 0 saturated heterocycles. The van der Waals surface area contributed by atoms with E-state index < -0.39 is 36.0 Å². The van der Waals surface area contributed by atoms with Crippen LogP contribution in [0.4, 0.5) is 10.1 Å². The van der Waals surface area contributed by atoms with E-state index >= 15 is 0 Å². The largest absolute Gasteiger partial charge is 0.481 e. The number of rotatable bonds is 10. The molecule has 1 aromatic heterocycles. The van der Waals surface area contributed by atoms with E-state index in [2.05, 4.69) is 20.9 Å². The van der Waals surface area contributed by atoms with Crippen LogP contribution in [0.2, 0.25) is 5.02 Å². The van der Waals surface area contributed by atoms with Gasteiger partial charge in [-0.05, 0) is 60.0 Å². The van der Waals surface area contributed by atoms with Gasteiger partial charge in [-0.1, -0.05) is 29.8 Å². The van der Waals surface area contributed by atoms with Crippen molar-refractivity contribution in [2.24, 2.45) is 5.92 Å². The van der Waals surface area contributed by atoms with Crippen LogP contribution >= 0.6 is 11.6 Å². The first-order valence-electron chi connectivity index (χ1n) is 12.4. The molecule has 5 N–H and O–H groups in total. The zero-order chi connectivity index (χ0) is 27.9. The van der Waals surface area contributed by atoms with Gasteiger partial charge < -0.3 is 26.2 Å². The minimum atomic E-state index is -1.16. The summed E-state index contributed by atoms with van der Waals surface area (Å²) in [7, 11) is 0. The monoisotopic (exact) mass is 554 g/mol. The van der Waals surface area contributed by atoms with E-state index in [4.69, 9.17) is 11.6 Å². The van der Waals surface area contributed by atoms with Gasteiger partial charge in [0.15, 0.2) is 0 Å². The SMILES string of the molecule is O=C(O)CC(C(=O)O)C1CNCCc2c1ccc(Cl)c2NCc1ccc(C(=O)NCc2ccc(F)cn2)cc1. The number of carboxylic acid groups (broad SMARTS) is 2. The molecule has 204 valence electrons. The van der Waals surface area contributed by atoms with Crippen molar-refractivity contribution in [1.82, 2.24) is 15.6 Å². The summed E-state index contributed by atoms with van der Waals surface area (Å²) >= 11 is 6.54. The summed E-state index contributed by atoms with van der Waals surface area (Å²) < 4.78 is 13.0. The van der Waals surface area contributed by atoms with Crippen molar-refractivity contribution >= 4 is 35.1 Å². The molecule has 11 heteroatoms. The molecule has 9 nitrogen and oxygen atoms in total. The fourth-order valence-corrected chi connectivity index (χ4v) is 4.97. The fourth-order valence-electron chi connectivity index (χ4n) is 4.72. The molecule has 2 atom stereocenters. The lowest BCUT2D eigenvalue weighted by Crippen LogP contribution is -2.31. The number of hydrogen-bond donors (Lipinski definition) is 5. The third-order valence-corrected chi connectivity index (χ3v) is 7.03. The number of pyridine rings is 1. The Bertz CT molecular complexity index is 1350. The number of anilines is 1. The summed E-state index contributed by atoms with van der Waals surface area (Å²) in [5.74, 6) is -4.66. The summed E-state index contributed by atoms with van der Waals surface area (Å²) in [5.41, 5.74) is 4.19. The van der Waals surface area contributed by atoms with Crippen LogP contribution in [0.5, 0.6) is 0 Å². The van der Waals surface area contributed by atoms with Crippen LogP contribution < -0.4 is 16.0 Å². The van der Waals surface area contributed by atoms with Crippen LogP contribution in [-0.4, -0.2) is 46.1 Å². The van der Waals surface area contributed by atoms with E-state index in [1.165, 1.54) is 12.1 Å². The van der Waals surface area contributed by atoms with Crippen LogP contribution in [0, 0.1) is 11.7 Å². The number of hydrogen-bond acceptors (Lipinski definition) is 6. The summed E-state index contributed by atoms with van der Waals surface area (Å²) in [5, 5.41) is 28.8. The van der Waals surface area contributed by atoms with Crippen LogP contribution in [0.3, 0.4) is 0 Å². The summed E-state index contributed by atoms with van der Waals surface area (Å²) in [6, 6.07) is 13.3. The van der Waals surface area contributed by atoms with Gasteiger partial charge >= 0.3 is 11.9 Å². The lowest BCUT2D eigenvalue weighted by atomic mass is 9.81. The topological polar surface area (TPSA) is 141 Å². The molecule has 2 heterocycles. The smallest absolute Gasteiger partial charge is 0.307 e. The highest BCUT2D eigenvalue weighted by Gasteiger charge is 2.34. The number of halogens is 2. The van der Waals surface area contributed by atoms with Gasteiger partial charge in [0.25, 0.3) is 5.91 Å². The molecule has 39 heavy (non-hydrogen) atoms. The molecule has 1 aliphatic heterocycles. The van der Waals surface area contributed by atoms with Crippen molar-refractivity contribution in [3.63, 3.8) is 0 Å². The number of aromatic nitrogens is 1. The second-order valence-electron chi connectivity index (χ2n) is 9.29. The fraction of sp³-hybridized carbons (Fsp3) is 0.286. The number of benzene rings is 2. The lowest BCUT2D eigenvalue weighted by molar-refractivity contribution is -0.149. The van der Waals surface area contributed by atoms with E-state index in [1.807, 2.05) is 12.1 Å². The number of nitrogens with one attached hydrogen (secondary N) is 3.